The lowest BCUT2D eigenvalue weighted by Gasteiger charge is -2.56. The van der Waals surface area contributed by atoms with Crippen molar-refractivity contribution in [1.82, 2.24) is 0 Å². The Morgan fingerprint density at radius 3 is 1.64 bits per heavy atom. The molecule has 0 spiro atoms. The maximum absolute atomic E-state index is 14.4. The summed E-state index contributed by atoms with van der Waals surface area (Å²) in [6, 6.07) is 16.1. The second kappa shape index (κ2) is 15.4. The predicted octanol–water partition coefficient (Wildman–Crippen LogP) is 5.24. The lowest BCUT2D eigenvalue weighted by Crippen LogP contribution is -2.64. The highest BCUT2D eigenvalue weighted by molar-refractivity contribution is 5.90. The molecule has 55 heavy (non-hydrogen) atoms. The van der Waals surface area contributed by atoms with Gasteiger partial charge < -0.3 is 33.5 Å². The van der Waals surface area contributed by atoms with Crippen LogP contribution in [-0.4, -0.2) is 83.1 Å². The van der Waals surface area contributed by atoms with E-state index in [1.807, 2.05) is 0 Å². The van der Waals surface area contributed by atoms with E-state index in [0.29, 0.717) is 5.57 Å². The molecule has 0 aromatic heterocycles. The summed E-state index contributed by atoms with van der Waals surface area (Å²) in [6.07, 6.45) is -8.43. The van der Waals surface area contributed by atoms with Gasteiger partial charge in [-0.15, -0.1) is 0 Å². The number of hydrogen-bond donors (Lipinski definition) is 1. The number of carbonyl (C=O) groups is 6. The first kappa shape index (κ1) is 40.9. The van der Waals surface area contributed by atoms with Crippen LogP contribution in [0.1, 0.15) is 88.9 Å². The van der Waals surface area contributed by atoms with Gasteiger partial charge in [0.2, 0.25) is 0 Å². The molecule has 3 aliphatic rings. The van der Waals surface area contributed by atoms with Gasteiger partial charge in [0.05, 0.1) is 27.6 Å². The molecule has 0 bridgehead atoms. The van der Waals surface area contributed by atoms with Gasteiger partial charge in [0.15, 0.2) is 12.2 Å². The first-order chi connectivity index (χ1) is 25.7. The highest BCUT2D eigenvalue weighted by atomic mass is 16.6. The Morgan fingerprint density at radius 2 is 1.16 bits per heavy atom. The van der Waals surface area contributed by atoms with Crippen LogP contribution in [0, 0.1) is 16.7 Å². The fraction of sp³-hybridized carbons (Fsp3) is 0.476. The standard InChI is InChI=1S/C42H48O13/c1-22-30(50-24(3)43)20-32(52-26(5)45)41(9)34(22)36(55-39(48)29-18-14-11-15-19-29)42(40(7,8)49)21-31(51-25(4)44)23(2)33(42)35(37(41)53-27(6)46)54-38(47)28-16-12-10-13-17-28/h10-19,30-32,34-37,49H,1,20-21H2,2-9H3. The zero-order chi connectivity index (χ0) is 40.6. The quantitative estimate of drug-likeness (QED) is 0.200. The van der Waals surface area contributed by atoms with E-state index in [4.69, 9.17) is 28.4 Å². The van der Waals surface area contributed by atoms with Gasteiger partial charge in [-0.1, -0.05) is 49.9 Å². The van der Waals surface area contributed by atoms with Crippen LogP contribution in [0.5, 0.6) is 0 Å². The molecule has 9 unspecified atom stereocenters. The van der Waals surface area contributed by atoms with Crippen LogP contribution in [0.2, 0.25) is 0 Å². The molecule has 3 aliphatic carbocycles. The molecule has 5 rings (SSSR count). The Bertz CT molecular complexity index is 1890. The van der Waals surface area contributed by atoms with E-state index in [-0.39, 0.29) is 35.1 Å². The number of rotatable bonds is 9. The highest BCUT2D eigenvalue weighted by Crippen LogP contribution is 2.66. The van der Waals surface area contributed by atoms with Gasteiger partial charge in [-0.05, 0) is 61.8 Å². The lowest BCUT2D eigenvalue weighted by atomic mass is 9.54. The van der Waals surface area contributed by atoms with Gasteiger partial charge in [-0.3, -0.25) is 19.2 Å². The summed E-state index contributed by atoms with van der Waals surface area (Å²) < 4.78 is 36.9. The third kappa shape index (κ3) is 7.54. The van der Waals surface area contributed by atoms with Crippen LogP contribution in [0.25, 0.3) is 0 Å². The minimum atomic E-state index is -1.91. The lowest BCUT2D eigenvalue weighted by molar-refractivity contribution is -0.209. The SMILES string of the molecule is C=C1C(OC(C)=O)CC(OC(C)=O)C2(C)C(OC(C)=O)C(OC(=O)c3ccccc3)C3=C(C)C(OC(C)=O)CC3(C(C)(C)O)C(OC(=O)c3ccccc3)C12. The first-order valence-corrected chi connectivity index (χ1v) is 18.1. The molecule has 2 aromatic carbocycles. The maximum atomic E-state index is 14.4. The summed E-state index contributed by atoms with van der Waals surface area (Å²) in [5, 5.41) is 12.7. The second-order valence-corrected chi connectivity index (χ2v) is 15.2. The molecule has 13 nitrogen and oxygen atoms in total. The van der Waals surface area contributed by atoms with E-state index >= 15 is 0 Å². The van der Waals surface area contributed by atoms with Gasteiger partial charge >= 0.3 is 35.8 Å². The highest BCUT2D eigenvalue weighted by Gasteiger charge is 2.74. The number of ether oxygens (including phenoxy) is 6. The predicted molar refractivity (Wildman–Crippen MR) is 195 cm³/mol. The summed E-state index contributed by atoms with van der Waals surface area (Å²) in [5.74, 6) is -5.79. The van der Waals surface area contributed by atoms with Crippen LogP contribution in [-0.2, 0) is 47.6 Å². The molecule has 0 amide bonds. The monoisotopic (exact) mass is 760 g/mol. The van der Waals surface area contributed by atoms with E-state index in [0.717, 1.165) is 6.92 Å². The maximum Gasteiger partial charge on any atom is 0.338 e. The van der Waals surface area contributed by atoms with Gasteiger partial charge in [-0.25, -0.2) is 9.59 Å². The third-order valence-electron chi connectivity index (χ3n) is 11.3. The Kier molecular flexibility index (Phi) is 11.5. The van der Waals surface area contributed by atoms with Crippen molar-refractivity contribution in [2.24, 2.45) is 16.7 Å². The Labute approximate surface area is 319 Å². The van der Waals surface area contributed by atoms with Crippen LogP contribution < -0.4 is 0 Å². The number of hydrogen-bond acceptors (Lipinski definition) is 13. The molecule has 1 N–H and O–H groups in total. The topological polar surface area (TPSA) is 178 Å². The fourth-order valence-corrected chi connectivity index (χ4v) is 9.00. The molecular formula is C42H48O13. The first-order valence-electron chi connectivity index (χ1n) is 18.1. The smallest absolute Gasteiger partial charge is 0.338 e. The molecule has 0 heterocycles. The van der Waals surface area contributed by atoms with Gasteiger partial charge in [0, 0.05) is 46.5 Å². The molecule has 13 heteroatoms. The Balaban J connectivity index is 1.95. The number of benzene rings is 2. The zero-order valence-corrected chi connectivity index (χ0v) is 32.3. The van der Waals surface area contributed by atoms with E-state index in [9.17, 15) is 33.9 Å². The third-order valence-corrected chi connectivity index (χ3v) is 11.3. The minimum Gasteiger partial charge on any atom is -0.462 e. The van der Waals surface area contributed by atoms with Gasteiger partial charge in [0.1, 0.15) is 24.4 Å². The minimum absolute atomic E-state index is 0.142. The molecule has 0 radical (unpaired) electrons. The summed E-state index contributed by atoms with van der Waals surface area (Å²) in [6.45, 7) is 15.4. The normalized spacial score (nSPS) is 30.1. The van der Waals surface area contributed by atoms with E-state index in [2.05, 4.69) is 6.58 Å². The fourth-order valence-electron chi connectivity index (χ4n) is 9.00. The van der Waals surface area contributed by atoms with Gasteiger partial charge in [-0.2, -0.15) is 0 Å². The molecule has 9 atom stereocenters. The van der Waals surface area contributed by atoms with E-state index < -0.39 is 94.8 Å². The second-order valence-electron chi connectivity index (χ2n) is 15.2. The van der Waals surface area contributed by atoms with Crippen molar-refractivity contribution in [2.45, 2.75) is 110 Å². The number of carbonyl (C=O) groups excluding carboxylic acids is 6. The van der Waals surface area contributed by atoms with Crippen LogP contribution in [0.4, 0.5) is 0 Å². The van der Waals surface area contributed by atoms with Crippen LogP contribution in [0.3, 0.4) is 0 Å². The van der Waals surface area contributed by atoms with Crippen molar-refractivity contribution < 1.29 is 62.3 Å². The number of esters is 6. The largest absolute Gasteiger partial charge is 0.462 e. The van der Waals surface area contributed by atoms with Crippen LogP contribution >= 0.6 is 0 Å². The number of fused-ring (bicyclic) bond motifs is 2. The molecule has 2 fully saturated rings. The molecule has 294 valence electrons. The molecule has 0 aliphatic heterocycles. The molecule has 2 saturated carbocycles. The zero-order valence-electron chi connectivity index (χ0n) is 32.3. The average Bonchev–Trinajstić information content (AvgIpc) is 3.36. The van der Waals surface area contributed by atoms with Crippen molar-refractivity contribution in [1.29, 1.82) is 0 Å². The van der Waals surface area contributed by atoms with Gasteiger partial charge in [0.25, 0.3) is 0 Å². The van der Waals surface area contributed by atoms with Crippen molar-refractivity contribution >= 4 is 35.8 Å². The molecule has 0 saturated heterocycles. The average molecular weight is 761 g/mol. The Hall–Kier alpha value is -5.30. The molecule has 2 aromatic rings. The van der Waals surface area contributed by atoms with Crippen molar-refractivity contribution in [3.63, 3.8) is 0 Å². The van der Waals surface area contributed by atoms with Crippen molar-refractivity contribution in [3.05, 3.63) is 95.1 Å². The summed E-state index contributed by atoms with van der Waals surface area (Å²) in [5.41, 5.74) is -4.41. The van der Waals surface area contributed by atoms with E-state index in [1.165, 1.54) is 46.8 Å². The van der Waals surface area contributed by atoms with E-state index in [1.54, 1.807) is 62.4 Å². The Morgan fingerprint density at radius 1 is 0.691 bits per heavy atom. The summed E-state index contributed by atoms with van der Waals surface area (Å²) in [4.78, 5) is 80.0. The van der Waals surface area contributed by atoms with Crippen LogP contribution in [0.15, 0.2) is 84.0 Å². The molecular weight excluding hydrogens is 712 g/mol. The summed E-state index contributed by atoms with van der Waals surface area (Å²) >= 11 is 0. The van der Waals surface area contributed by atoms with Crippen molar-refractivity contribution in [2.75, 3.05) is 0 Å². The summed E-state index contributed by atoms with van der Waals surface area (Å²) in [7, 11) is 0. The van der Waals surface area contributed by atoms with Crippen molar-refractivity contribution in [3.8, 4) is 0 Å². The number of aliphatic hydroxyl groups is 1.